The third-order valence-corrected chi connectivity index (χ3v) is 3.73. The second-order valence-electron chi connectivity index (χ2n) is 4.43. The van der Waals surface area contributed by atoms with E-state index in [4.69, 9.17) is 27.9 Å². The Morgan fingerprint density at radius 1 is 1.32 bits per heavy atom. The first-order valence-electron chi connectivity index (χ1n) is 6.16. The van der Waals surface area contributed by atoms with Crippen molar-refractivity contribution in [3.63, 3.8) is 0 Å². The number of carbonyl (C=O) groups is 1. The molecule has 1 N–H and O–H groups in total. The molecule has 1 aliphatic heterocycles. The van der Waals surface area contributed by atoms with Crippen molar-refractivity contribution in [2.45, 2.75) is 13.0 Å². The van der Waals surface area contributed by atoms with E-state index in [-0.39, 0.29) is 11.9 Å². The van der Waals surface area contributed by atoms with E-state index in [1.807, 2.05) is 6.92 Å². The molecule has 0 spiro atoms. The standard InChI is InChI=1S/C13H16Cl2N2O2/c1-9(13(18)17-4-6-19-7-5-17)16-10-2-3-11(14)12(15)8-10/h2-3,8-9,16H,4-7H2,1H3. The molecule has 19 heavy (non-hydrogen) atoms. The third-order valence-electron chi connectivity index (χ3n) is 3.00. The molecule has 0 saturated carbocycles. The summed E-state index contributed by atoms with van der Waals surface area (Å²) < 4.78 is 5.23. The number of ether oxygens (including phenoxy) is 1. The SMILES string of the molecule is CC(Nc1ccc(Cl)c(Cl)c1)C(=O)N1CCOCC1. The van der Waals surface area contributed by atoms with Gasteiger partial charge < -0.3 is 15.0 Å². The van der Waals surface area contributed by atoms with E-state index in [9.17, 15) is 4.79 Å². The Labute approximate surface area is 122 Å². The van der Waals surface area contributed by atoms with E-state index in [0.29, 0.717) is 36.3 Å². The van der Waals surface area contributed by atoms with Crippen molar-refractivity contribution in [1.82, 2.24) is 4.90 Å². The van der Waals surface area contributed by atoms with E-state index >= 15 is 0 Å². The molecule has 0 aromatic heterocycles. The summed E-state index contributed by atoms with van der Waals surface area (Å²) in [6, 6.07) is 4.91. The number of halogens is 2. The van der Waals surface area contributed by atoms with Crippen LogP contribution < -0.4 is 5.32 Å². The number of amides is 1. The lowest BCUT2D eigenvalue weighted by molar-refractivity contribution is -0.135. The molecule has 2 rings (SSSR count). The molecule has 0 radical (unpaired) electrons. The highest BCUT2D eigenvalue weighted by Crippen LogP contribution is 2.25. The number of anilines is 1. The average molecular weight is 303 g/mol. The molecule has 1 fully saturated rings. The molecule has 1 atom stereocenters. The van der Waals surface area contributed by atoms with Crippen LogP contribution in [0.15, 0.2) is 18.2 Å². The molecule has 1 aromatic rings. The van der Waals surface area contributed by atoms with Gasteiger partial charge in [0, 0.05) is 18.8 Å². The number of morpholine rings is 1. The predicted molar refractivity (Wildman–Crippen MR) is 76.9 cm³/mol. The van der Waals surface area contributed by atoms with Crippen molar-refractivity contribution in [3.8, 4) is 0 Å². The lowest BCUT2D eigenvalue weighted by Crippen LogP contribution is -2.46. The zero-order valence-electron chi connectivity index (χ0n) is 10.7. The fourth-order valence-corrected chi connectivity index (χ4v) is 2.25. The summed E-state index contributed by atoms with van der Waals surface area (Å²) >= 11 is 11.8. The summed E-state index contributed by atoms with van der Waals surface area (Å²) in [5.41, 5.74) is 0.781. The largest absolute Gasteiger partial charge is 0.378 e. The molecular formula is C13H16Cl2N2O2. The number of hydrogen-bond acceptors (Lipinski definition) is 3. The van der Waals surface area contributed by atoms with Crippen LogP contribution in [0.4, 0.5) is 5.69 Å². The van der Waals surface area contributed by atoms with Gasteiger partial charge in [0.25, 0.3) is 0 Å². The van der Waals surface area contributed by atoms with E-state index in [1.165, 1.54) is 0 Å². The Balaban J connectivity index is 1.97. The lowest BCUT2D eigenvalue weighted by Gasteiger charge is -2.29. The Kier molecular flexibility index (Phi) is 4.91. The maximum absolute atomic E-state index is 12.2. The van der Waals surface area contributed by atoms with Gasteiger partial charge in [-0.15, -0.1) is 0 Å². The van der Waals surface area contributed by atoms with Crippen molar-refractivity contribution < 1.29 is 9.53 Å². The molecule has 1 heterocycles. The summed E-state index contributed by atoms with van der Waals surface area (Å²) in [4.78, 5) is 14.0. The topological polar surface area (TPSA) is 41.6 Å². The van der Waals surface area contributed by atoms with Crippen molar-refractivity contribution in [1.29, 1.82) is 0 Å². The molecule has 1 unspecified atom stereocenters. The zero-order valence-corrected chi connectivity index (χ0v) is 12.2. The molecular weight excluding hydrogens is 287 g/mol. The Bertz CT molecular complexity index is 462. The van der Waals surface area contributed by atoms with Crippen molar-refractivity contribution in [3.05, 3.63) is 28.2 Å². The minimum atomic E-state index is -0.310. The van der Waals surface area contributed by atoms with Crippen LogP contribution >= 0.6 is 23.2 Å². The highest BCUT2D eigenvalue weighted by molar-refractivity contribution is 6.42. The molecule has 104 valence electrons. The summed E-state index contributed by atoms with van der Waals surface area (Å²) in [6.45, 7) is 4.33. The van der Waals surface area contributed by atoms with Gasteiger partial charge in [-0.05, 0) is 25.1 Å². The molecule has 1 amide bonds. The van der Waals surface area contributed by atoms with Crippen LogP contribution in [-0.2, 0) is 9.53 Å². The zero-order chi connectivity index (χ0) is 13.8. The quantitative estimate of drug-likeness (QED) is 0.933. The summed E-state index contributed by atoms with van der Waals surface area (Å²) in [5, 5.41) is 4.10. The van der Waals surface area contributed by atoms with Gasteiger partial charge in [-0.1, -0.05) is 23.2 Å². The summed E-state index contributed by atoms with van der Waals surface area (Å²) in [5.74, 6) is 0.0642. The van der Waals surface area contributed by atoms with E-state index in [0.717, 1.165) is 5.69 Å². The van der Waals surface area contributed by atoms with Gasteiger partial charge in [-0.25, -0.2) is 0 Å². The van der Waals surface area contributed by atoms with Crippen LogP contribution in [0.2, 0.25) is 10.0 Å². The van der Waals surface area contributed by atoms with Crippen molar-refractivity contribution in [2.24, 2.45) is 0 Å². The molecule has 1 aromatic carbocycles. The van der Waals surface area contributed by atoms with Gasteiger partial charge in [0.1, 0.15) is 6.04 Å². The number of nitrogens with zero attached hydrogens (tertiary/aromatic N) is 1. The van der Waals surface area contributed by atoms with Crippen LogP contribution in [0.3, 0.4) is 0 Å². The Hall–Kier alpha value is -0.970. The lowest BCUT2D eigenvalue weighted by atomic mass is 10.2. The molecule has 1 aliphatic rings. The molecule has 0 aliphatic carbocycles. The van der Waals surface area contributed by atoms with Crippen molar-refractivity contribution in [2.75, 3.05) is 31.6 Å². The van der Waals surface area contributed by atoms with E-state index in [2.05, 4.69) is 5.32 Å². The van der Waals surface area contributed by atoms with Gasteiger partial charge >= 0.3 is 0 Å². The Morgan fingerprint density at radius 2 is 2.00 bits per heavy atom. The number of benzene rings is 1. The maximum atomic E-state index is 12.2. The monoisotopic (exact) mass is 302 g/mol. The summed E-state index contributed by atoms with van der Waals surface area (Å²) in [7, 11) is 0. The molecule has 0 bridgehead atoms. The fourth-order valence-electron chi connectivity index (χ4n) is 1.96. The van der Waals surface area contributed by atoms with Gasteiger partial charge in [-0.2, -0.15) is 0 Å². The smallest absolute Gasteiger partial charge is 0.244 e. The molecule has 4 nitrogen and oxygen atoms in total. The van der Waals surface area contributed by atoms with Crippen LogP contribution in [0.5, 0.6) is 0 Å². The van der Waals surface area contributed by atoms with Crippen LogP contribution in [-0.4, -0.2) is 43.2 Å². The van der Waals surface area contributed by atoms with Crippen molar-refractivity contribution >= 4 is 34.8 Å². The second kappa shape index (κ2) is 6.46. The second-order valence-corrected chi connectivity index (χ2v) is 5.25. The first-order valence-corrected chi connectivity index (χ1v) is 6.91. The minimum Gasteiger partial charge on any atom is -0.378 e. The highest BCUT2D eigenvalue weighted by Gasteiger charge is 2.22. The predicted octanol–water partition coefficient (Wildman–Crippen LogP) is 2.65. The first-order chi connectivity index (χ1) is 9.08. The van der Waals surface area contributed by atoms with Crippen LogP contribution in [0, 0.1) is 0 Å². The number of rotatable bonds is 3. The first kappa shape index (κ1) is 14.4. The molecule has 6 heteroatoms. The number of nitrogens with one attached hydrogen (secondary N) is 1. The summed E-state index contributed by atoms with van der Waals surface area (Å²) in [6.07, 6.45) is 0. The normalized spacial score (nSPS) is 17.1. The van der Waals surface area contributed by atoms with Gasteiger partial charge in [-0.3, -0.25) is 4.79 Å². The van der Waals surface area contributed by atoms with Crippen LogP contribution in [0.1, 0.15) is 6.92 Å². The van der Waals surface area contributed by atoms with Gasteiger partial charge in [0.05, 0.1) is 23.3 Å². The number of carbonyl (C=O) groups excluding carboxylic acids is 1. The highest BCUT2D eigenvalue weighted by atomic mass is 35.5. The van der Waals surface area contributed by atoms with Crippen LogP contribution in [0.25, 0.3) is 0 Å². The van der Waals surface area contributed by atoms with E-state index in [1.54, 1.807) is 23.1 Å². The minimum absolute atomic E-state index is 0.0642. The molecule has 1 saturated heterocycles. The van der Waals surface area contributed by atoms with Gasteiger partial charge in [0.2, 0.25) is 5.91 Å². The third kappa shape index (κ3) is 3.75. The Morgan fingerprint density at radius 3 is 2.63 bits per heavy atom. The van der Waals surface area contributed by atoms with E-state index < -0.39 is 0 Å². The maximum Gasteiger partial charge on any atom is 0.244 e. The fraction of sp³-hybridized carbons (Fsp3) is 0.462. The van der Waals surface area contributed by atoms with Gasteiger partial charge in [0.15, 0.2) is 0 Å². The number of hydrogen-bond donors (Lipinski definition) is 1. The average Bonchev–Trinajstić information content (AvgIpc) is 2.43.